The summed E-state index contributed by atoms with van der Waals surface area (Å²) in [5.74, 6) is -1.01. The summed E-state index contributed by atoms with van der Waals surface area (Å²) in [6.45, 7) is 0.790. The smallest absolute Gasteiger partial charge is 0.320 e. The Morgan fingerprint density at radius 2 is 2.10 bits per heavy atom. The zero-order chi connectivity index (χ0) is 14.5. The van der Waals surface area contributed by atoms with Crippen molar-refractivity contribution in [2.45, 2.75) is 25.3 Å². The summed E-state index contributed by atoms with van der Waals surface area (Å²) >= 11 is 2.16. The number of piperidine rings is 1. The lowest BCUT2D eigenvalue weighted by atomic mass is 10.0. The summed E-state index contributed by atoms with van der Waals surface area (Å²) in [5.41, 5.74) is 0.766. The van der Waals surface area contributed by atoms with Gasteiger partial charge in [0.25, 0.3) is 0 Å². The molecule has 1 aliphatic heterocycles. The SMILES string of the molecule is O=C(CN1CCCCC1C(=O)O)Nc1ccccc1I. The molecule has 0 spiro atoms. The first-order chi connectivity index (χ1) is 9.58. The molecule has 1 unspecified atom stereocenters. The van der Waals surface area contributed by atoms with Crippen molar-refractivity contribution in [3.8, 4) is 0 Å². The van der Waals surface area contributed by atoms with Crippen LogP contribution in [0.15, 0.2) is 24.3 Å². The zero-order valence-electron chi connectivity index (χ0n) is 11.0. The second-order valence-corrected chi connectivity index (χ2v) is 6.01. The third kappa shape index (κ3) is 3.92. The van der Waals surface area contributed by atoms with E-state index in [1.165, 1.54) is 0 Å². The van der Waals surface area contributed by atoms with Crippen molar-refractivity contribution < 1.29 is 14.7 Å². The molecule has 0 saturated carbocycles. The number of carboxylic acid groups (broad SMARTS) is 1. The van der Waals surface area contributed by atoms with Crippen molar-refractivity contribution >= 4 is 40.2 Å². The van der Waals surface area contributed by atoms with Gasteiger partial charge in [-0.1, -0.05) is 18.6 Å². The maximum atomic E-state index is 12.1. The van der Waals surface area contributed by atoms with Crippen LogP contribution in [-0.4, -0.2) is 41.0 Å². The number of halogens is 1. The van der Waals surface area contributed by atoms with Gasteiger partial charge in [-0.25, -0.2) is 0 Å². The minimum Gasteiger partial charge on any atom is -0.480 e. The Balaban J connectivity index is 1.96. The molecule has 1 amide bonds. The van der Waals surface area contributed by atoms with Crippen molar-refractivity contribution in [2.24, 2.45) is 0 Å². The summed E-state index contributed by atoms with van der Waals surface area (Å²) < 4.78 is 0.965. The monoisotopic (exact) mass is 388 g/mol. The summed E-state index contributed by atoms with van der Waals surface area (Å²) in [6.07, 6.45) is 2.47. The number of rotatable bonds is 4. The van der Waals surface area contributed by atoms with E-state index in [2.05, 4.69) is 27.9 Å². The van der Waals surface area contributed by atoms with Crippen LogP contribution < -0.4 is 5.32 Å². The predicted molar refractivity (Wildman–Crippen MR) is 84.6 cm³/mol. The van der Waals surface area contributed by atoms with Crippen molar-refractivity contribution in [3.05, 3.63) is 27.8 Å². The molecule has 1 aromatic rings. The van der Waals surface area contributed by atoms with Crippen LogP contribution in [0.1, 0.15) is 19.3 Å². The summed E-state index contributed by atoms with van der Waals surface area (Å²) in [6, 6.07) is 6.98. The van der Waals surface area contributed by atoms with Crippen LogP contribution in [0.25, 0.3) is 0 Å². The van der Waals surface area contributed by atoms with Gasteiger partial charge >= 0.3 is 5.97 Å². The number of nitrogens with one attached hydrogen (secondary N) is 1. The molecule has 2 rings (SSSR count). The highest BCUT2D eigenvalue weighted by atomic mass is 127. The Kier molecular flexibility index (Phi) is 5.36. The number of para-hydroxylation sites is 1. The fourth-order valence-electron chi connectivity index (χ4n) is 2.40. The number of likely N-dealkylation sites (tertiary alicyclic amines) is 1. The van der Waals surface area contributed by atoms with Gasteiger partial charge in [-0.2, -0.15) is 0 Å². The summed E-state index contributed by atoms with van der Waals surface area (Å²) in [5, 5.41) is 12.0. The highest BCUT2D eigenvalue weighted by Crippen LogP contribution is 2.19. The number of carboxylic acids is 1. The van der Waals surface area contributed by atoms with Gasteiger partial charge in [0.2, 0.25) is 5.91 Å². The van der Waals surface area contributed by atoms with Gasteiger partial charge in [-0.05, 0) is 54.1 Å². The Morgan fingerprint density at radius 3 is 2.80 bits per heavy atom. The molecule has 1 atom stereocenters. The van der Waals surface area contributed by atoms with Crippen LogP contribution in [0, 0.1) is 3.57 Å². The lowest BCUT2D eigenvalue weighted by molar-refractivity contribution is -0.145. The lowest BCUT2D eigenvalue weighted by Gasteiger charge is -2.32. The molecule has 1 saturated heterocycles. The van der Waals surface area contributed by atoms with Crippen LogP contribution in [0.2, 0.25) is 0 Å². The number of amides is 1. The second-order valence-electron chi connectivity index (χ2n) is 4.85. The van der Waals surface area contributed by atoms with E-state index in [1.54, 1.807) is 4.90 Å². The van der Waals surface area contributed by atoms with E-state index in [4.69, 9.17) is 0 Å². The molecule has 0 radical (unpaired) electrons. The number of aliphatic carboxylic acids is 1. The molecule has 0 bridgehead atoms. The highest BCUT2D eigenvalue weighted by molar-refractivity contribution is 14.1. The lowest BCUT2D eigenvalue weighted by Crippen LogP contribution is -2.47. The standard InChI is InChI=1S/C14H17IN2O3/c15-10-5-1-2-6-11(10)16-13(18)9-17-8-4-3-7-12(17)14(19)20/h1-2,5-6,12H,3-4,7-9H2,(H,16,18)(H,19,20). The van der Waals surface area contributed by atoms with E-state index >= 15 is 0 Å². The fraction of sp³-hybridized carbons (Fsp3) is 0.429. The number of benzene rings is 1. The molecule has 5 nitrogen and oxygen atoms in total. The Morgan fingerprint density at radius 1 is 1.35 bits per heavy atom. The van der Waals surface area contributed by atoms with Crippen LogP contribution >= 0.6 is 22.6 Å². The molecule has 0 aliphatic carbocycles. The first kappa shape index (κ1) is 15.2. The molecule has 1 fully saturated rings. The van der Waals surface area contributed by atoms with Gasteiger partial charge in [0, 0.05) is 3.57 Å². The topological polar surface area (TPSA) is 69.6 Å². The van der Waals surface area contributed by atoms with E-state index in [-0.39, 0.29) is 12.5 Å². The van der Waals surface area contributed by atoms with E-state index in [9.17, 15) is 14.7 Å². The van der Waals surface area contributed by atoms with Crippen LogP contribution in [-0.2, 0) is 9.59 Å². The van der Waals surface area contributed by atoms with Crippen molar-refractivity contribution in [1.29, 1.82) is 0 Å². The zero-order valence-corrected chi connectivity index (χ0v) is 13.2. The first-order valence-electron chi connectivity index (χ1n) is 6.59. The van der Waals surface area contributed by atoms with Gasteiger partial charge in [0.05, 0.1) is 12.2 Å². The van der Waals surface area contributed by atoms with Crippen molar-refractivity contribution in [1.82, 2.24) is 4.90 Å². The first-order valence-corrected chi connectivity index (χ1v) is 7.67. The number of carbonyl (C=O) groups is 2. The average Bonchev–Trinajstić information content (AvgIpc) is 2.41. The maximum Gasteiger partial charge on any atom is 0.320 e. The molecule has 1 heterocycles. The fourth-order valence-corrected chi connectivity index (χ4v) is 2.92. The molecular weight excluding hydrogens is 371 g/mol. The molecule has 1 aromatic carbocycles. The number of carbonyl (C=O) groups excluding carboxylic acids is 1. The molecule has 2 N–H and O–H groups in total. The van der Waals surface area contributed by atoms with Crippen LogP contribution in [0.3, 0.4) is 0 Å². The molecule has 20 heavy (non-hydrogen) atoms. The van der Waals surface area contributed by atoms with Gasteiger partial charge in [-0.3, -0.25) is 14.5 Å². The average molecular weight is 388 g/mol. The minimum absolute atomic E-state index is 0.127. The third-order valence-electron chi connectivity index (χ3n) is 3.39. The molecule has 1 aliphatic rings. The van der Waals surface area contributed by atoms with Crippen LogP contribution in [0.4, 0.5) is 5.69 Å². The molecule has 108 valence electrons. The quantitative estimate of drug-likeness (QED) is 0.776. The minimum atomic E-state index is -0.841. The summed E-state index contributed by atoms with van der Waals surface area (Å²) in [4.78, 5) is 25.0. The van der Waals surface area contributed by atoms with Crippen LogP contribution in [0.5, 0.6) is 0 Å². The second kappa shape index (κ2) is 7.03. The number of nitrogens with zero attached hydrogens (tertiary/aromatic N) is 1. The van der Waals surface area contributed by atoms with Gasteiger partial charge in [0.15, 0.2) is 0 Å². The van der Waals surface area contributed by atoms with E-state index in [0.29, 0.717) is 13.0 Å². The van der Waals surface area contributed by atoms with E-state index < -0.39 is 12.0 Å². The summed E-state index contributed by atoms with van der Waals surface area (Å²) in [7, 11) is 0. The highest BCUT2D eigenvalue weighted by Gasteiger charge is 2.29. The van der Waals surface area contributed by atoms with E-state index in [0.717, 1.165) is 22.1 Å². The number of anilines is 1. The largest absolute Gasteiger partial charge is 0.480 e. The molecule has 6 heteroatoms. The van der Waals surface area contributed by atoms with Gasteiger partial charge in [0.1, 0.15) is 6.04 Å². The van der Waals surface area contributed by atoms with Crippen molar-refractivity contribution in [3.63, 3.8) is 0 Å². The Hall–Kier alpha value is -1.15. The van der Waals surface area contributed by atoms with Gasteiger partial charge in [-0.15, -0.1) is 0 Å². The third-order valence-corrected chi connectivity index (χ3v) is 4.33. The number of hydrogen-bond donors (Lipinski definition) is 2. The number of hydrogen-bond acceptors (Lipinski definition) is 3. The maximum absolute atomic E-state index is 12.1. The normalized spacial score (nSPS) is 19.6. The Labute approximate surface area is 131 Å². The Bertz CT molecular complexity index is 507. The van der Waals surface area contributed by atoms with E-state index in [1.807, 2.05) is 24.3 Å². The predicted octanol–water partition coefficient (Wildman–Crippen LogP) is 2.17. The van der Waals surface area contributed by atoms with Crippen molar-refractivity contribution in [2.75, 3.05) is 18.4 Å². The van der Waals surface area contributed by atoms with Gasteiger partial charge < -0.3 is 10.4 Å². The molecule has 0 aromatic heterocycles. The molecular formula is C14H17IN2O3.